The predicted molar refractivity (Wildman–Crippen MR) is 89.6 cm³/mol. The van der Waals surface area contributed by atoms with Crippen molar-refractivity contribution >= 4 is 17.3 Å². The summed E-state index contributed by atoms with van der Waals surface area (Å²) in [6, 6.07) is 9.59. The first-order chi connectivity index (χ1) is 11.8. The van der Waals surface area contributed by atoms with Crippen LogP contribution >= 0.6 is 0 Å². The molecule has 0 radical (unpaired) electrons. The van der Waals surface area contributed by atoms with Crippen molar-refractivity contribution < 1.29 is 19.5 Å². The van der Waals surface area contributed by atoms with Crippen LogP contribution in [0.5, 0.6) is 0 Å². The zero-order chi connectivity index (χ0) is 17.8. The van der Waals surface area contributed by atoms with Crippen molar-refractivity contribution in [3.05, 3.63) is 60.2 Å². The smallest absolute Gasteiger partial charge is 0.178 e. The molecule has 1 aromatic carbocycles. The van der Waals surface area contributed by atoms with E-state index in [2.05, 4.69) is 0 Å². The molecule has 5 aliphatic carbocycles. The quantitative estimate of drug-likeness (QED) is 0.850. The van der Waals surface area contributed by atoms with Crippen molar-refractivity contribution in [2.75, 3.05) is 0 Å². The summed E-state index contributed by atoms with van der Waals surface area (Å²) in [5, 5.41) is 10.8. The molecule has 6 rings (SSSR count). The molecule has 25 heavy (non-hydrogen) atoms. The van der Waals surface area contributed by atoms with Gasteiger partial charge in [0.25, 0.3) is 0 Å². The van der Waals surface area contributed by atoms with Crippen molar-refractivity contribution in [2.45, 2.75) is 25.4 Å². The Morgan fingerprint density at radius 1 is 0.880 bits per heavy atom. The van der Waals surface area contributed by atoms with Gasteiger partial charge in [-0.1, -0.05) is 49.4 Å². The molecule has 0 heterocycles. The molecule has 0 amide bonds. The Hall–Kier alpha value is -2.33. The minimum absolute atomic E-state index is 0.0744. The Bertz CT molecular complexity index is 910. The molecule has 1 aromatic rings. The third-order valence-electron chi connectivity index (χ3n) is 7.59. The number of rotatable bonds is 1. The summed E-state index contributed by atoms with van der Waals surface area (Å²) >= 11 is 0. The van der Waals surface area contributed by atoms with Crippen molar-refractivity contribution in [1.82, 2.24) is 0 Å². The van der Waals surface area contributed by atoms with E-state index in [9.17, 15) is 19.5 Å². The Labute approximate surface area is 145 Å². The largest absolute Gasteiger partial charge is 0.384 e. The maximum Gasteiger partial charge on any atom is 0.178 e. The SMILES string of the molecule is C[C@]12C(=O)[C@@H]3[C@](C)(C(=O)[C@@H]1O)[C@]3(c1ccccc1)C21C=CC(=O)C=C1. The molecule has 1 spiro atoms. The summed E-state index contributed by atoms with van der Waals surface area (Å²) in [4.78, 5) is 38.2. The molecule has 4 nitrogen and oxygen atoms in total. The van der Waals surface area contributed by atoms with Crippen molar-refractivity contribution in [3.8, 4) is 0 Å². The highest BCUT2D eigenvalue weighted by molar-refractivity contribution is 6.17. The van der Waals surface area contributed by atoms with Crippen molar-refractivity contribution in [1.29, 1.82) is 0 Å². The van der Waals surface area contributed by atoms with Gasteiger partial charge in [-0.05, 0) is 24.6 Å². The van der Waals surface area contributed by atoms with Gasteiger partial charge in [0, 0.05) is 16.7 Å². The molecule has 1 N–H and O–H groups in total. The molecule has 5 aliphatic rings. The van der Waals surface area contributed by atoms with E-state index in [1.807, 2.05) is 30.3 Å². The zero-order valence-electron chi connectivity index (χ0n) is 14.0. The number of aliphatic hydroxyl groups is 1. The van der Waals surface area contributed by atoms with E-state index in [1.54, 1.807) is 26.0 Å². The van der Waals surface area contributed by atoms with Crippen molar-refractivity contribution in [3.63, 3.8) is 0 Å². The summed E-state index contributed by atoms with van der Waals surface area (Å²) in [5.41, 5.74) is -2.90. The molecule has 4 heteroatoms. The monoisotopic (exact) mass is 334 g/mol. The number of fused-ring (bicyclic) bond motifs is 1. The number of carbonyl (C=O) groups excluding carboxylic acids is 3. The highest BCUT2D eigenvalue weighted by Crippen LogP contribution is 2.90. The fraction of sp³-hybridized carbons (Fsp3) is 0.381. The number of hydrogen-bond acceptors (Lipinski definition) is 4. The molecule has 4 fully saturated rings. The lowest BCUT2D eigenvalue weighted by atomic mass is 9.46. The number of benzene rings is 1. The number of allylic oxidation sites excluding steroid dienone is 4. The number of hydrogen-bond donors (Lipinski definition) is 1. The molecule has 0 aromatic heterocycles. The van der Waals surface area contributed by atoms with Crippen LogP contribution in [0.1, 0.15) is 19.4 Å². The van der Waals surface area contributed by atoms with Crippen LogP contribution in [0.15, 0.2) is 54.6 Å². The third kappa shape index (κ3) is 1.12. The lowest BCUT2D eigenvalue weighted by Gasteiger charge is -2.55. The van der Waals surface area contributed by atoms with Crippen LogP contribution in [0.2, 0.25) is 0 Å². The first kappa shape index (κ1) is 15.0. The second-order valence-electron chi connectivity index (χ2n) is 8.08. The third-order valence-corrected chi connectivity index (χ3v) is 7.59. The molecule has 0 saturated heterocycles. The molecule has 5 atom stereocenters. The van der Waals surface area contributed by atoms with E-state index in [0.29, 0.717) is 0 Å². The van der Waals surface area contributed by atoms with Gasteiger partial charge in [-0.2, -0.15) is 0 Å². The molecule has 4 saturated carbocycles. The lowest BCUT2D eigenvalue weighted by Crippen LogP contribution is -2.65. The maximum atomic E-state index is 13.4. The standard InChI is InChI=1S/C21H18O4/c1-18-14-15(23)19(2,17(25)16(18)24)20(10-8-13(22)9-11-20)21(14,18)12-6-4-3-5-7-12/h3-11,14,17,25H,1-2H3/t14-,17+,18-,19+,21-/m1/s1. The summed E-state index contributed by atoms with van der Waals surface area (Å²) in [6.07, 6.45) is 5.12. The summed E-state index contributed by atoms with van der Waals surface area (Å²) in [7, 11) is 0. The lowest BCUT2D eigenvalue weighted by molar-refractivity contribution is -0.167. The van der Waals surface area contributed by atoms with Gasteiger partial charge in [-0.15, -0.1) is 0 Å². The second-order valence-corrected chi connectivity index (χ2v) is 8.08. The van der Waals surface area contributed by atoms with Gasteiger partial charge in [0.05, 0.1) is 10.8 Å². The fourth-order valence-corrected chi connectivity index (χ4v) is 6.46. The van der Waals surface area contributed by atoms with Gasteiger partial charge in [-0.25, -0.2) is 0 Å². The van der Waals surface area contributed by atoms with Crippen molar-refractivity contribution in [2.24, 2.45) is 22.2 Å². The topological polar surface area (TPSA) is 71.4 Å². The van der Waals surface area contributed by atoms with Gasteiger partial charge < -0.3 is 5.11 Å². The average Bonchev–Trinajstić information content (AvgIpc) is 3.17. The molecule has 0 unspecified atom stereocenters. The Morgan fingerprint density at radius 3 is 2.08 bits per heavy atom. The molecular weight excluding hydrogens is 316 g/mol. The van der Waals surface area contributed by atoms with Crippen LogP contribution in [0, 0.1) is 22.2 Å². The Kier molecular flexibility index (Phi) is 2.34. The van der Waals surface area contributed by atoms with E-state index >= 15 is 0 Å². The summed E-state index contributed by atoms with van der Waals surface area (Å²) < 4.78 is 0. The van der Waals surface area contributed by atoms with Gasteiger partial charge in [0.2, 0.25) is 0 Å². The van der Waals surface area contributed by atoms with Crippen LogP contribution in [0.3, 0.4) is 0 Å². The van der Waals surface area contributed by atoms with Gasteiger partial charge >= 0.3 is 0 Å². The molecule has 126 valence electrons. The van der Waals surface area contributed by atoms with Crippen LogP contribution in [-0.4, -0.2) is 28.6 Å². The van der Waals surface area contributed by atoms with Gasteiger partial charge in [0.1, 0.15) is 11.9 Å². The van der Waals surface area contributed by atoms with E-state index in [0.717, 1.165) is 5.56 Å². The molecule has 0 aliphatic heterocycles. The summed E-state index contributed by atoms with van der Waals surface area (Å²) in [5.74, 6) is -0.941. The van der Waals surface area contributed by atoms with Crippen LogP contribution in [0.25, 0.3) is 0 Å². The first-order valence-corrected chi connectivity index (χ1v) is 8.55. The number of Topliss-reactive ketones (excluding diaryl/α,β-unsaturated/α-hetero) is 2. The Balaban J connectivity index is 1.91. The van der Waals surface area contributed by atoms with E-state index in [4.69, 9.17) is 0 Å². The molecule has 4 bridgehead atoms. The molecular formula is C21H18O4. The highest BCUT2D eigenvalue weighted by Gasteiger charge is 2.98. The average molecular weight is 334 g/mol. The maximum absolute atomic E-state index is 13.4. The van der Waals surface area contributed by atoms with Crippen LogP contribution < -0.4 is 0 Å². The number of carbonyl (C=O) groups is 3. The highest BCUT2D eigenvalue weighted by atomic mass is 16.3. The van der Waals surface area contributed by atoms with Crippen LogP contribution in [-0.2, 0) is 19.8 Å². The first-order valence-electron chi connectivity index (χ1n) is 8.55. The minimum Gasteiger partial charge on any atom is -0.384 e. The van der Waals surface area contributed by atoms with Gasteiger partial charge in [-0.3, -0.25) is 14.4 Å². The normalized spacial score (nSPS) is 45.3. The van der Waals surface area contributed by atoms with E-state index < -0.39 is 33.7 Å². The fourth-order valence-electron chi connectivity index (χ4n) is 6.46. The number of aliphatic hydroxyl groups excluding tert-OH is 1. The van der Waals surface area contributed by atoms with E-state index in [-0.39, 0.29) is 17.3 Å². The van der Waals surface area contributed by atoms with Gasteiger partial charge in [0.15, 0.2) is 11.6 Å². The second kappa shape index (κ2) is 3.91. The van der Waals surface area contributed by atoms with Crippen LogP contribution in [0.4, 0.5) is 0 Å². The van der Waals surface area contributed by atoms with E-state index in [1.165, 1.54) is 12.2 Å². The minimum atomic E-state index is -1.36. The summed E-state index contributed by atoms with van der Waals surface area (Å²) in [6.45, 7) is 3.48. The Morgan fingerprint density at radius 2 is 1.48 bits per heavy atom. The predicted octanol–water partition coefficient (Wildman–Crippen LogP) is 1.77. The zero-order valence-corrected chi connectivity index (χ0v) is 14.0. The number of ketones is 3.